The van der Waals surface area contributed by atoms with Gasteiger partial charge in [0.2, 0.25) is 0 Å². The molecule has 0 fully saturated rings. The highest BCUT2D eigenvalue weighted by molar-refractivity contribution is 7.86. The second-order valence-electron chi connectivity index (χ2n) is 14.1. The number of hydrogen-bond donors (Lipinski definition) is 0. The third-order valence-electron chi connectivity index (χ3n) is 8.08. The van der Waals surface area contributed by atoms with Crippen molar-refractivity contribution >= 4 is 10.1 Å². The van der Waals surface area contributed by atoms with E-state index in [1.54, 1.807) is 6.92 Å². The molecule has 0 atom stereocenters. The molecule has 0 aliphatic rings. The highest BCUT2D eigenvalue weighted by Crippen LogP contribution is 2.31. The van der Waals surface area contributed by atoms with E-state index >= 15 is 0 Å². The van der Waals surface area contributed by atoms with Crippen LogP contribution in [-0.2, 0) is 14.3 Å². The van der Waals surface area contributed by atoms with Crippen LogP contribution in [0.2, 0.25) is 0 Å². The lowest BCUT2D eigenvalue weighted by Gasteiger charge is -2.30. The summed E-state index contributed by atoms with van der Waals surface area (Å²) in [7, 11) is -3.68. The average molecular weight is 655 g/mol. The lowest BCUT2D eigenvalue weighted by atomic mass is 9.89. The summed E-state index contributed by atoms with van der Waals surface area (Å²) in [6.07, 6.45) is 29.1. The smallest absolute Gasteiger partial charge is 0.259 e. The van der Waals surface area contributed by atoms with Gasteiger partial charge in [-0.25, -0.2) is 0 Å². The highest BCUT2D eigenvalue weighted by atomic mass is 32.2. The average Bonchev–Trinajstić information content (AvgIpc) is 2.94. The van der Waals surface area contributed by atoms with Crippen LogP contribution in [0.4, 0.5) is 0 Å². The molecule has 0 aromatic heterocycles. The van der Waals surface area contributed by atoms with Crippen molar-refractivity contribution in [3.63, 3.8) is 0 Å². The zero-order valence-corrected chi connectivity index (χ0v) is 32.8. The molecule has 0 aromatic rings. The van der Waals surface area contributed by atoms with Crippen molar-refractivity contribution in [2.24, 2.45) is 0 Å². The maximum atomic E-state index is 13.0. The SMILES string of the molecule is CCS(=O)(=O)OC(/C=C(\C)CCC=C(C)C)(CC=C(C)CCC=C(C)CCC=C(C)C)CC=C(C)CCC=C(C)CCC=C(C)C. The van der Waals surface area contributed by atoms with Crippen LogP contribution in [0.5, 0.6) is 0 Å². The monoisotopic (exact) mass is 655 g/mol. The summed E-state index contributed by atoms with van der Waals surface area (Å²) in [6, 6.07) is 0. The molecule has 0 aliphatic heterocycles. The molecule has 0 bridgehead atoms. The molecular weight excluding hydrogens is 585 g/mol. The Kier molecular flexibility index (Phi) is 22.9. The molecule has 0 aromatic carbocycles. The molecular formula is C42H70O3S. The molecule has 0 amide bonds. The van der Waals surface area contributed by atoms with Gasteiger partial charge in [-0.3, -0.25) is 4.18 Å². The minimum atomic E-state index is -3.68. The first-order chi connectivity index (χ1) is 21.5. The summed E-state index contributed by atoms with van der Waals surface area (Å²) in [5.41, 5.74) is 9.61. The largest absolute Gasteiger partial charge is 0.267 e. The molecule has 0 N–H and O–H groups in total. The zero-order chi connectivity index (χ0) is 35.2. The third kappa shape index (κ3) is 24.1. The lowest BCUT2D eigenvalue weighted by Crippen LogP contribution is -2.33. The molecule has 0 rings (SSSR count). The van der Waals surface area contributed by atoms with Gasteiger partial charge in [-0.2, -0.15) is 8.42 Å². The molecule has 0 unspecified atom stereocenters. The number of rotatable bonds is 23. The minimum Gasteiger partial charge on any atom is -0.259 e. The molecule has 0 saturated heterocycles. The first-order valence-corrected chi connectivity index (χ1v) is 19.2. The van der Waals surface area contributed by atoms with Crippen molar-refractivity contribution in [3.05, 3.63) is 93.2 Å². The Morgan fingerprint density at radius 1 is 0.478 bits per heavy atom. The molecule has 0 radical (unpaired) electrons. The van der Waals surface area contributed by atoms with Crippen molar-refractivity contribution in [2.75, 3.05) is 5.75 Å². The van der Waals surface area contributed by atoms with Gasteiger partial charge in [0.15, 0.2) is 0 Å². The van der Waals surface area contributed by atoms with Crippen LogP contribution >= 0.6 is 0 Å². The first-order valence-electron chi connectivity index (χ1n) is 17.6. The summed E-state index contributed by atoms with van der Waals surface area (Å²) in [5, 5.41) is 0. The fourth-order valence-corrected chi connectivity index (χ4v) is 5.89. The highest BCUT2D eigenvalue weighted by Gasteiger charge is 2.32. The van der Waals surface area contributed by atoms with E-state index in [-0.39, 0.29) is 5.75 Å². The molecule has 4 heteroatoms. The summed E-state index contributed by atoms with van der Waals surface area (Å²) in [5.74, 6) is -0.0432. The van der Waals surface area contributed by atoms with E-state index < -0.39 is 15.7 Å². The van der Waals surface area contributed by atoms with Crippen LogP contribution in [0.15, 0.2) is 93.2 Å². The van der Waals surface area contributed by atoms with E-state index in [0.717, 1.165) is 69.8 Å². The van der Waals surface area contributed by atoms with Crippen LogP contribution in [0, 0.1) is 0 Å². The van der Waals surface area contributed by atoms with E-state index in [2.05, 4.69) is 125 Å². The summed E-state index contributed by atoms with van der Waals surface area (Å²) < 4.78 is 32.2. The Labute approximate surface area is 286 Å². The molecule has 0 aliphatic carbocycles. The van der Waals surface area contributed by atoms with E-state index in [4.69, 9.17) is 4.18 Å². The van der Waals surface area contributed by atoms with Crippen LogP contribution in [0.25, 0.3) is 0 Å². The quantitative estimate of drug-likeness (QED) is 0.0813. The van der Waals surface area contributed by atoms with Crippen molar-refractivity contribution in [1.82, 2.24) is 0 Å². The van der Waals surface area contributed by atoms with E-state index in [9.17, 15) is 8.42 Å². The summed E-state index contributed by atoms with van der Waals surface area (Å²) in [6.45, 7) is 25.3. The predicted octanol–water partition coefficient (Wildman–Crippen LogP) is 13.4. The van der Waals surface area contributed by atoms with Gasteiger partial charge in [0.25, 0.3) is 10.1 Å². The topological polar surface area (TPSA) is 43.4 Å². The zero-order valence-electron chi connectivity index (χ0n) is 31.9. The fourth-order valence-electron chi connectivity index (χ4n) is 5.09. The van der Waals surface area contributed by atoms with Crippen molar-refractivity contribution in [1.29, 1.82) is 0 Å². The molecule has 0 heterocycles. The van der Waals surface area contributed by atoms with Gasteiger partial charge in [-0.15, -0.1) is 0 Å². The normalized spacial score (nSPS) is 15.0. The number of hydrogen-bond acceptors (Lipinski definition) is 3. The molecule has 0 spiro atoms. The Hall–Kier alpha value is -2.17. The van der Waals surface area contributed by atoms with Gasteiger partial charge in [-0.1, -0.05) is 93.2 Å². The predicted molar refractivity (Wildman–Crippen MR) is 206 cm³/mol. The standard InChI is InChI=1S/C42H70O3S/c1-13-46(43,44)45-42(33-41(12)28-16-21-36(6)7,31-29-39(10)26-17-24-37(8)22-14-19-34(2)3)32-30-40(11)27-18-25-38(9)23-15-20-35(4)5/h19-21,24-25,29-30,33H,13-18,22-23,26-28,31-32H2,1-12H3/b37-24?,38-25?,39-29?,40-30?,41-33+. The van der Waals surface area contributed by atoms with Crippen molar-refractivity contribution < 1.29 is 12.6 Å². The summed E-state index contributed by atoms with van der Waals surface area (Å²) in [4.78, 5) is 0. The second-order valence-corrected chi connectivity index (χ2v) is 16.0. The van der Waals surface area contributed by atoms with Crippen LogP contribution in [-0.4, -0.2) is 19.8 Å². The van der Waals surface area contributed by atoms with Gasteiger partial charge in [0, 0.05) is 12.8 Å². The Bertz CT molecular complexity index is 1190. The second kappa shape index (κ2) is 24.0. The number of allylic oxidation sites excluding steroid dienone is 13. The Morgan fingerprint density at radius 3 is 1.11 bits per heavy atom. The molecule has 0 saturated carbocycles. The van der Waals surface area contributed by atoms with Crippen molar-refractivity contribution in [3.8, 4) is 0 Å². The third-order valence-corrected chi connectivity index (χ3v) is 9.38. The Morgan fingerprint density at radius 2 is 0.783 bits per heavy atom. The van der Waals surface area contributed by atoms with E-state index in [0.29, 0.717) is 12.8 Å². The first kappa shape index (κ1) is 43.8. The minimum absolute atomic E-state index is 0.0432. The van der Waals surface area contributed by atoms with Crippen molar-refractivity contribution in [2.45, 2.75) is 166 Å². The maximum absolute atomic E-state index is 13.0. The van der Waals surface area contributed by atoms with Crippen LogP contribution in [0.3, 0.4) is 0 Å². The maximum Gasteiger partial charge on any atom is 0.267 e. The van der Waals surface area contributed by atoms with Gasteiger partial charge in [0.1, 0.15) is 5.60 Å². The summed E-state index contributed by atoms with van der Waals surface area (Å²) >= 11 is 0. The van der Waals surface area contributed by atoms with Crippen LogP contribution < -0.4 is 0 Å². The molecule has 262 valence electrons. The van der Waals surface area contributed by atoms with Crippen LogP contribution in [0.1, 0.15) is 160 Å². The molecule has 46 heavy (non-hydrogen) atoms. The van der Waals surface area contributed by atoms with E-state index in [1.807, 2.05) is 0 Å². The lowest BCUT2D eigenvalue weighted by molar-refractivity contribution is 0.133. The van der Waals surface area contributed by atoms with Gasteiger partial charge in [-0.05, 0) is 147 Å². The molecule has 3 nitrogen and oxygen atoms in total. The fraction of sp³-hybridized carbons (Fsp3) is 0.619. The van der Waals surface area contributed by atoms with E-state index in [1.165, 1.54) is 39.0 Å². The van der Waals surface area contributed by atoms with Gasteiger partial charge in [0.05, 0.1) is 5.75 Å². The Balaban J connectivity index is 6.10. The van der Waals surface area contributed by atoms with Gasteiger partial charge < -0.3 is 0 Å². The van der Waals surface area contributed by atoms with Gasteiger partial charge >= 0.3 is 0 Å².